The Balaban J connectivity index is 1.91. The first-order valence-corrected chi connectivity index (χ1v) is 11.1. The van der Waals surface area contributed by atoms with E-state index in [1.807, 2.05) is 18.7 Å². The molecule has 0 bridgehead atoms. The average molecular weight is 414 g/mol. The summed E-state index contributed by atoms with van der Waals surface area (Å²) in [7, 11) is 3.46. The van der Waals surface area contributed by atoms with Gasteiger partial charge in [-0.25, -0.2) is 4.79 Å². The Labute approximate surface area is 177 Å². The summed E-state index contributed by atoms with van der Waals surface area (Å²) in [5.74, 6) is 0.00271. The molecule has 6 heteroatoms. The van der Waals surface area contributed by atoms with Gasteiger partial charge in [-0.1, -0.05) is 36.8 Å². The normalized spacial score (nSPS) is 16.9. The van der Waals surface area contributed by atoms with Gasteiger partial charge in [-0.05, 0) is 49.3 Å². The zero-order valence-electron chi connectivity index (χ0n) is 18.0. The highest BCUT2D eigenvalue weighted by molar-refractivity contribution is 7.10. The molecule has 29 heavy (non-hydrogen) atoms. The number of nitrogens with zero attached hydrogens (tertiary/aromatic N) is 3. The molecule has 2 heterocycles. The number of urea groups is 1. The molecular formula is C23H31N3O2S. The average Bonchev–Trinajstić information content (AvgIpc) is 3.19. The number of benzene rings is 1. The third kappa shape index (κ3) is 4.47. The molecule has 0 aliphatic carbocycles. The van der Waals surface area contributed by atoms with Crippen molar-refractivity contribution in [2.24, 2.45) is 0 Å². The molecule has 1 aliphatic rings. The number of amides is 3. The van der Waals surface area contributed by atoms with Crippen LogP contribution in [0.2, 0.25) is 0 Å². The van der Waals surface area contributed by atoms with E-state index in [2.05, 4.69) is 42.6 Å². The summed E-state index contributed by atoms with van der Waals surface area (Å²) >= 11 is 1.76. The minimum absolute atomic E-state index is 0.00271. The quantitative estimate of drug-likeness (QED) is 0.733. The Morgan fingerprint density at radius 1 is 1.21 bits per heavy atom. The molecule has 0 radical (unpaired) electrons. The standard InChI is InChI=1S/C23H31N3O2S/c1-6-17(3)26(23(28)24(4)5)15-21(27)25-13-11-20-19(12-14-29-20)22(25)18-9-7-16(2)8-10-18/h7-10,12,14,17,22H,6,11,13,15H2,1-5H3/t17-,22+/m0/s1. The van der Waals surface area contributed by atoms with Crippen LogP contribution in [0.4, 0.5) is 4.79 Å². The highest BCUT2D eigenvalue weighted by atomic mass is 32.1. The summed E-state index contributed by atoms with van der Waals surface area (Å²) in [4.78, 5) is 32.7. The second-order valence-electron chi connectivity index (χ2n) is 8.01. The van der Waals surface area contributed by atoms with E-state index in [1.54, 1.807) is 35.2 Å². The Hall–Kier alpha value is -2.34. The van der Waals surface area contributed by atoms with Gasteiger partial charge in [0.2, 0.25) is 5.91 Å². The molecule has 0 unspecified atom stereocenters. The third-order valence-electron chi connectivity index (χ3n) is 5.74. The van der Waals surface area contributed by atoms with Crippen molar-refractivity contribution in [2.45, 2.75) is 45.7 Å². The van der Waals surface area contributed by atoms with Crippen molar-refractivity contribution >= 4 is 23.3 Å². The van der Waals surface area contributed by atoms with Crippen LogP contribution in [0.25, 0.3) is 0 Å². The van der Waals surface area contributed by atoms with Gasteiger partial charge >= 0.3 is 6.03 Å². The lowest BCUT2D eigenvalue weighted by Gasteiger charge is -2.39. The number of carbonyl (C=O) groups is 2. The maximum atomic E-state index is 13.5. The van der Waals surface area contributed by atoms with E-state index in [9.17, 15) is 9.59 Å². The lowest BCUT2D eigenvalue weighted by atomic mass is 9.92. The summed E-state index contributed by atoms with van der Waals surface area (Å²) in [5, 5.41) is 2.11. The molecule has 0 fully saturated rings. The molecule has 1 aromatic carbocycles. The van der Waals surface area contributed by atoms with Crippen LogP contribution in [-0.4, -0.2) is 59.9 Å². The van der Waals surface area contributed by atoms with Crippen LogP contribution < -0.4 is 0 Å². The number of fused-ring (bicyclic) bond motifs is 1. The summed E-state index contributed by atoms with van der Waals surface area (Å²) in [6.45, 7) is 6.89. The number of rotatable bonds is 5. The Morgan fingerprint density at radius 3 is 2.52 bits per heavy atom. The summed E-state index contributed by atoms with van der Waals surface area (Å²) in [6, 6.07) is 10.4. The maximum Gasteiger partial charge on any atom is 0.320 e. The van der Waals surface area contributed by atoms with Crippen LogP contribution in [-0.2, 0) is 11.2 Å². The molecule has 3 amide bonds. The van der Waals surface area contributed by atoms with E-state index in [1.165, 1.54) is 16.0 Å². The van der Waals surface area contributed by atoms with Crippen molar-refractivity contribution in [3.8, 4) is 0 Å². The first kappa shape index (κ1) is 21.4. The van der Waals surface area contributed by atoms with Gasteiger partial charge in [0.25, 0.3) is 0 Å². The monoisotopic (exact) mass is 413 g/mol. The summed E-state index contributed by atoms with van der Waals surface area (Å²) < 4.78 is 0. The van der Waals surface area contributed by atoms with Crippen molar-refractivity contribution in [1.82, 2.24) is 14.7 Å². The number of aryl methyl sites for hydroxylation is 1. The highest BCUT2D eigenvalue weighted by Gasteiger charge is 2.34. The second kappa shape index (κ2) is 8.99. The van der Waals surface area contributed by atoms with Gasteiger partial charge in [-0.15, -0.1) is 11.3 Å². The van der Waals surface area contributed by atoms with Crippen LogP contribution in [0, 0.1) is 6.92 Å². The molecule has 2 aromatic rings. The Bertz CT molecular complexity index is 859. The summed E-state index contributed by atoms with van der Waals surface area (Å²) in [5.41, 5.74) is 3.54. The smallest absolute Gasteiger partial charge is 0.320 e. The molecular weight excluding hydrogens is 382 g/mol. The number of carbonyl (C=O) groups excluding carboxylic acids is 2. The summed E-state index contributed by atoms with van der Waals surface area (Å²) in [6.07, 6.45) is 1.68. The Kier molecular flexibility index (Phi) is 6.63. The van der Waals surface area contributed by atoms with Crippen LogP contribution in [0.15, 0.2) is 35.7 Å². The topological polar surface area (TPSA) is 43.9 Å². The van der Waals surface area contributed by atoms with Gasteiger partial charge in [-0.3, -0.25) is 4.79 Å². The molecule has 1 aliphatic heterocycles. The highest BCUT2D eigenvalue weighted by Crippen LogP contribution is 2.38. The predicted molar refractivity (Wildman–Crippen MR) is 118 cm³/mol. The molecule has 156 valence electrons. The van der Waals surface area contributed by atoms with Crippen molar-refractivity contribution in [2.75, 3.05) is 27.2 Å². The van der Waals surface area contributed by atoms with Crippen molar-refractivity contribution in [1.29, 1.82) is 0 Å². The lowest BCUT2D eigenvalue weighted by Crippen LogP contribution is -2.51. The van der Waals surface area contributed by atoms with Crippen molar-refractivity contribution < 1.29 is 9.59 Å². The van der Waals surface area contributed by atoms with Crippen LogP contribution in [0.3, 0.4) is 0 Å². The van der Waals surface area contributed by atoms with E-state index in [0.29, 0.717) is 6.54 Å². The predicted octanol–water partition coefficient (Wildman–Crippen LogP) is 4.31. The number of hydrogen-bond acceptors (Lipinski definition) is 3. The van der Waals surface area contributed by atoms with Crippen molar-refractivity contribution in [3.63, 3.8) is 0 Å². The fraction of sp³-hybridized carbons (Fsp3) is 0.478. The van der Waals surface area contributed by atoms with Gasteiger partial charge in [-0.2, -0.15) is 0 Å². The minimum Gasteiger partial charge on any atom is -0.331 e. The molecule has 0 saturated carbocycles. The fourth-order valence-electron chi connectivity index (χ4n) is 3.82. The Morgan fingerprint density at radius 2 is 1.90 bits per heavy atom. The van der Waals surface area contributed by atoms with Crippen LogP contribution in [0.1, 0.15) is 47.9 Å². The van der Waals surface area contributed by atoms with Crippen molar-refractivity contribution in [3.05, 3.63) is 57.3 Å². The van der Waals surface area contributed by atoms with Gasteiger partial charge in [0, 0.05) is 31.6 Å². The number of thiophene rings is 1. The maximum absolute atomic E-state index is 13.5. The van der Waals surface area contributed by atoms with Crippen LogP contribution in [0.5, 0.6) is 0 Å². The molecule has 2 atom stereocenters. The zero-order chi connectivity index (χ0) is 21.1. The van der Waals surface area contributed by atoms with Gasteiger partial charge in [0.15, 0.2) is 0 Å². The van der Waals surface area contributed by atoms with Gasteiger partial charge in [0.1, 0.15) is 6.54 Å². The molecule has 3 rings (SSSR count). The molecule has 0 N–H and O–H groups in total. The molecule has 1 aromatic heterocycles. The van der Waals surface area contributed by atoms with Gasteiger partial charge in [0.05, 0.1) is 6.04 Å². The lowest BCUT2D eigenvalue weighted by molar-refractivity contribution is -0.134. The largest absolute Gasteiger partial charge is 0.331 e. The van der Waals surface area contributed by atoms with E-state index in [-0.39, 0.29) is 30.6 Å². The van der Waals surface area contributed by atoms with E-state index >= 15 is 0 Å². The molecule has 0 saturated heterocycles. The third-order valence-corrected chi connectivity index (χ3v) is 6.73. The van der Waals surface area contributed by atoms with Crippen LogP contribution >= 0.6 is 11.3 Å². The molecule has 0 spiro atoms. The second-order valence-corrected chi connectivity index (χ2v) is 9.01. The molecule has 5 nitrogen and oxygen atoms in total. The van der Waals surface area contributed by atoms with E-state index in [0.717, 1.165) is 18.4 Å². The van der Waals surface area contributed by atoms with E-state index < -0.39 is 0 Å². The minimum atomic E-state index is -0.118. The number of hydrogen-bond donors (Lipinski definition) is 0. The van der Waals surface area contributed by atoms with Gasteiger partial charge < -0.3 is 14.7 Å². The van der Waals surface area contributed by atoms with E-state index in [4.69, 9.17) is 0 Å². The zero-order valence-corrected chi connectivity index (χ0v) is 18.8. The fourth-order valence-corrected chi connectivity index (χ4v) is 4.72. The SMILES string of the molecule is CC[C@H](C)N(CC(=O)N1CCc2sccc2[C@H]1c1ccc(C)cc1)C(=O)N(C)C. The first-order valence-electron chi connectivity index (χ1n) is 10.2. The first-order chi connectivity index (χ1) is 13.8.